The van der Waals surface area contributed by atoms with Gasteiger partial charge in [-0.3, -0.25) is 0 Å². The molecule has 3 rings (SSSR count). The predicted octanol–water partition coefficient (Wildman–Crippen LogP) is 5.76. The summed E-state index contributed by atoms with van der Waals surface area (Å²) in [5.41, 5.74) is 0.192. The highest BCUT2D eigenvalue weighted by atomic mass is 19.4. The van der Waals surface area contributed by atoms with Crippen LogP contribution in [-0.2, 0) is 6.18 Å². The molecule has 5 heteroatoms. The first-order valence-electron chi connectivity index (χ1n) is 6.51. The summed E-state index contributed by atoms with van der Waals surface area (Å²) < 4.78 is 48.2. The van der Waals surface area contributed by atoms with E-state index in [0.717, 1.165) is 23.5 Å². The van der Waals surface area contributed by atoms with Crippen LogP contribution < -0.4 is 4.74 Å². The summed E-state index contributed by atoms with van der Waals surface area (Å²) >= 11 is 0. The summed E-state index contributed by atoms with van der Waals surface area (Å²) in [6.07, 6.45) is -2.76. The molecule has 1 aromatic heterocycles. The summed E-state index contributed by atoms with van der Waals surface area (Å²) in [5.74, 6) is 1.62. The van der Waals surface area contributed by atoms with E-state index in [2.05, 4.69) is 0 Å². The van der Waals surface area contributed by atoms with E-state index < -0.39 is 11.7 Å². The van der Waals surface area contributed by atoms with E-state index in [1.54, 1.807) is 24.5 Å². The molecule has 2 aromatic carbocycles. The molecule has 0 saturated heterocycles. The maximum absolute atomic E-state index is 12.5. The second-order valence-corrected chi connectivity index (χ2v) is 4.63. The Bertz CT molecular complexity index is 727. The van der Waals surface area contributed by atoms with Crippen LogP contribution in [0.15, 0.2) is 71.3 Å². The zero-order chi connectivity index (χ0) is 15.6. The van der Waals surface area contributed by atoms with Gasteiger partial charge >= 0.3 is 6.18 Å². The fourth-order valence-electron chi connectivity index (χ4n) is 1.98. The normalized spacial score (nSPS) is 11.4. The van der Waals surface area contributed by atoms with Gasteiger partial charge in [0.15, 0.2) is 0 Å². The molecule has 0 amide bonds. The smallest absolute Gasteiger partial charge is 0.416 e. The predicted molar refractivity (Wildman–Crippen MR) is 75.7 cm³/mol. The van der Waals surface area contributed by atoms with Gasteiger partial charge in [-0.25, -0.2) is 0 Å². The maximum Gasteiger partial charge on any atom is 0.416 e. The van der Waals surface area contributed by atoms with Gasteiger partial charge in [0.2, 0.25) is 0 Å². The highest BCUT2D eigenvalue weighted by Crippen LogP contribution is 2.31. The lowest BCUT2D eigenvalue weighted by Gasteiger charge is -2.09. The fraction of sp³-hybridized carbons (Fsp3) is 0.0588. The van der Waals surface area contributed by atoms with Crippen molar-refractivity contribution >= 4 is 0 Å². The van der Waals surface area contributed by atoms with Crippen LogP contribution in [0.4, 0.5) is 13.2 Å². The first-order valence-corrected chi connectivity index (χ1v) is 6.51. The lowest BCUT2D eigenvalue weighted by atomic mass is 10.1. The quantitative estimate of drug-likeness (QED) is 0.614. The molecule has 22 heavy (non-hydrogen) atoms. The lowest BCUT2D eigenvalue weighted by Crippen LogP contribution is -2.03. The molecule has 2 nitrogen and oxygen atoms in total. The molecule has 0 aliphatic rings. The summed E-state index contributed by atoms with van der Waals surface area (Å²) in [6, 6.07) is 15.3. The molecular weight excluding hydrogens is 293 g/mol. The summed E-state index contributed by atoms with van der Waals surface area (Å²) in [4.78, 5) is 0. The molecule has 0 bridgehead atoms. The number of hydrogen-bond donors (Lipinski definition) is 0. The molecule has 0 atom stereocenters. The van der Waals surface area contributed by atoms with E-state index in [1.165, 1.54) is 12.1 Å². The van der Waals surface area contributed by atoms with Gasteiger partial charge in [-0.1, -0.05) is 0 Å². The van der Waals surface area contributed by atoms with Crippen molar-refractivity contribution in [3.63, 3.8) is 0 Å². The van der Waals surface area contributed by atoms with Gasteiger partial charge < -0.3 is 9.15 Å². The SMILES string of the molecule is FC(F)(F)c1ccc(Oc2ccc(-c3ccco3)cc2)cc1. The van der Waals surface area contributed by atoms with Gasteiger partial charge in [0, 0.05) is 5.56 Å². The summed E-state index contributed by atoms with van der Waals surface area (Å²) in [6.45, 7) is 0. The molecule has 0 radical (unpaired) electrons. The minimum absolute atomic E-state index is 0.346. The topological polar surface area (TPSA) is 22.4 Å². The average molecular weight is 304 g/mol. The van der Waals surface area contributed by atoms with Gasteiger partial charge in [-0.2, -0.15) is 13.2 Å². The highest BCUT2D eigenvalue weighted by molar-refractivity contribution is 5.58. The minimum atomic E-state index is -4.34. The van der Waals surface area contributed by atoms with Crippen LogP contribution in [0.25, 0.3) is 11.3 Å². The number of alkyl halides is 3. The first-order chi connectivity index (χ1) is 10.5. The van der Waals surface area contributed by atoms with Gasteiger partial charge in [-0.15, -0.1) is 0 Å². The number of benzene rings is 2. The Balaban J connectivity index is 1.73. The van der Waals surface area contributed by atoms with E-state index >= 15 is 0 Å². The van der Waals surface area contributed by atoms with Crippen molar-refractivity contribution in [2.24, 2.45) is 0 Å². The van der Waals surface area contributed by atoms with Gasteiger partial charge in [0.25, 0.3) is 0 Å². The minimum Gasteiger partial charge on any atom is -0.464 e. The van der Waals surface area contributed by atoms with Crippen LogP contribution in [-0.4, -0.2) is 0 Å². The van der Waals surface area contributed by atoms with E-state index in [4.69, 9.17) is 9.15 Å². The van der Waals surface area contributed by atoms with Crippen LogP contribution in [0.3, 0.4) is 0 Å². The monoisotopic (exact) mass is 304 g/mol. The summed E-state index contributed by atoms with van der Waals surface area (Å²) in [5, 5.41) is 0. The van der Waals surface area contributed by atoms with E-state index in [0.29, 0.717) is 11.5 Å². The third kappa shape index (κ3) is 3.14. The van der Waals surface area contributed by atoms with Gasteiger partial charge in [0.1, 0.15) is 17.3 Å². The largest absolute Gasteiger partial charge is 0.464 e. The Morgan fingerprint density at radius 2 is 1.36 bits per heavy atom. The molecule has 3 aromatic rings. The van der Waals surface area contributed by atoms with E-state index in [-0.39, 0.29) is 0 Å². The first kappa shape index (κ1) is 14.3. The molecule has 0 spiro atoms. The standard InChI is InChI=1S/C17H11F3O2/c18-17(19,20)13-5-9-15(10-6-13)22-14-7-3-12(4-8-14)16-2-1-11-21-16/h1-11H. The Labute approximate surface area is 124 Å². The Kier molecular flexibility index (Phi) is 3.63. The van der Waals surface area contributed by atoms with Crippen LogP contribution in [0.5, 0.6) is 11.5 Å². The highest BCUT2D eigenvalue weighted by Gasteiger charge is 2.30. The van der Waals surface area contributed by atoms with Gasteiger partial charge in [0.05, 0.1) is 11.8 Å². The van der Waals surface area contributed by atoms with Crippen molar-refractivity contribution in [2.75, 3.05) is 0 Å². The van der Waals surface area contributed by atoms with E-state index in [1.807, 2.05) is 18.2 Å². The third-order valence-electron chi connectivity index (χ3n) is 3.08. The second kappa shape index (κ2) is 5.60. The van der Waals surface area contributed by atoms with Crippen molar-refractivity contribution in [3.05, 3.63) is 72.5 Å². The summed E-state index contributed by atoms with van der Waals surface area (Å²) in [7, 11) is 0. The molecular formula is C17H11F3O2. The van der Waals surface area contributed by atoms with Crippen molar-refractivity contribution in [3.8, 4) is 22.8 Å². The van der Waals surface area contributed by atoms with Crippen molar-refractivity contribution < 1.29 is 22.3 Å². The van der Waals surface area contributed by atoms with Crippen LogP contribution in [0.1, 0.15) is 5.56 Å². The fourth-order valence-corrected chi connectivity index (χ4v) is 1.98. The number of hydrogen-bond acceptors (Lipinski definition) is 2. The number of furan rings is 1. The number of halogens is 3. The molecule has 0 unspecified atom stereocenters. The Morgan fingerprint density at radius 3 is 1.86 bits per heavy atom. The Hall–Kier alpha value is -2.69. The second-order valence-electron chi connectivity index (χ2n) is 4.63. The molecule has 0 fully saturated rings. The van der Waals surface area contributed by atoms with Crippen LogP contribution >= 0.6 is 0 Å². The van der Waals surface area contributed by atoms with Crippen molar-refractivity contribution in [1.29, 1.82) is 0 Å². The molecule has 0 saturated carbocycles. The molecule has 0 aliphatic heterocycles. The third-order valence-corrected chi connectivity index (χ3v) is 3.08. The average Bonchev–Trinajstić information content (AvgIpc) is 3.02. The zero-order valence-corrected chi connectivity index (χ0v) is 11.3. The molecule has 0 N–H and O–H groups in total. The molecule has 112 valence electrons. The lowest BCUT2D eigenvalue weighted by molar-refractivity contribution is -0.137. The van der Waals surface area contributed by atoms with Crippen LogP contribution in [0.2, 0.25) is 0 Å². The maximum atomic E-state index is 12.5. The number of rotatable bonds is 3. The van der Waals surface area contributed by atoms with E-state index in [9.17, 15) is 13.2 Å². The van der Waals surface area contributed by atoms with Gasteiger partial charge in [-0.05, 0) is 60.7 Å². The zero-order valence-electron chi connectivity index (χ0n) is 11.3. The molecule has 0 aliphatic carbocycles. The molecule has 1 heterocycles. The van der Waals surface area contributed by atoms with Crippen molar-refractivity contribution in [2.45, 2.75) is 6.18 Å². The van der Waals surface area contributed by atoms with Crippen molar-refractivity contribution in [1.82, 2.24) is 0 Å². The van der Waals surface area contributed by atoms with Crippen LogP contribution in [0, 0.1) is 0 Å². The Morgan fingerprint density at radius 1 is 0.773 bits per heavy atom. The number of ether oxygens (including phenoxy) is 1.